The number of benzene rings is 1. The van der Waals surface area contributed by atoms with E-state index in [1.54, 1.807) is 11.8 Å². The Morgan fingerprint density at radius 3 is 3.22 bits per heavy atom. The highest BCUT2D eigenvalue weighted by atomic mass is 32.2. The smallest absolute Gasteiger partial charge is 0.256 e. The van der Waals surface area contributed by atoms with E-state index in [4.69, 9.17) is 14.9 Å². The van der Waals surface area contributed by atoms with E-state index < -0.39 is 0 Å². The van der Waals surface area contributed by atoms with Gasteiger partial charge in [0.15, 0.2) is 5.58 Å². The van der Waals surface area contributed by atoms with Crippen LogP contribution in [0.1, 0.15) is 19.3 Å². The van der Waals surface area contributed by atoms with Crippen LogP contribution in [0.15, 0.2) is 27.8 Å². The first kappa shape index (κ1) is 11.9. The fourth-order valence-corrected chi connectivity index (χ4v) is 3.00. The number of nitrogens with two attached hydrogens (primary N) is 1. The summed E-state index contributed by atoms with van der Waals surface area (Å²) < 4.78 is 11.2. The summed E-state index contributed by atoms with van der Waals surface area (Å²) in [4.78, 5) is 4.41. The van der Waals surface area contributed by atoms with Crippen molar-refractivity contribution in [1.29, 1.82) is 0 Å². The third kappa shape index (κ3) is 2.62. The van der Waals surface area contributed by atoms with Gasteiger partial charge >= 0.3 is 0 Å². The Balaban J connectivity index is 1.60. The summed E-state index contributed by atoms with van der Waals surface area (Å²) in [7, 11) is 0. The lowest BCUT2D eigenvalue weighted by molar-refractivity contribution is 0.109. The SMILES string of the molecule is Nc1ccc2oc(SCCC3CCCO3)nc2c1. The van der Waals surface area contributed by atoms with Gasteiger partial charge in [-0.2, -0.15) is 0 Å². The minimum Gasteiger partial charge on any atom is -0.431 e. The number of thioether (sulfide) groups is 1. The highest BCUT2D eigenvalue weighted by Crippen LogP contribution is 2.26. The zero-order valence-corrected chi connectivity index (χ0v) is 10.9. The van der Waals surface area contributed by atoms with Gasteiger partial charge in [-0.05, 0) is 37.5 Å². The molecule has 3 rings (SSSR count). The van der Waals surface area contributed by atoms with Crippen molar-refractivity contribution in [2.45, 2.75) is 30.6 Å². The summed E-state index contributed by atoms with van der Waals surface area (Å²) in [6.45, 7) is 0.914. The van der Waals surface area contributed by atoms with Gasteiger partial charge in [-0.1, -0.05) is 11.8 Å². The number of aromatic nitrogens is 1. The number of nitrogen functional groups attached to an aromatic ring is 1. The average molecular weight is 264 g/mol. The predicted molar refractivity (Wildman–Crippen MR) is 72.7 cm³/mol. The summed E-state index contributed by atoms with van der Waals surface area (Å²) >= 11 is 1.64. The summed E-state index contributed by atoms with van der Waals surface area (Å²) in [6, 6.07) is 5.53. The van der Waals surface area contributed by atoms with Gasteiger partial charge in [0.25, 0.3) is 5.22 Å². The molecule has 2 N–H and O–H groups in total. The maximum Gasteiger partial charge on any atom is 0.256 e. The lowest BCUT2D eigenvalue weighted by Gasteiger charge is -2.06. The molecule has 1 aromatic carbocycles. The molecule has 1 unspecified atom stereocenters. The standard InChI is InChI=1S/C13H16N2O2S/c14-9-3-4-12-11(8-9)15-13(17-12)18-7-5-10-2-1-6-16-10/h3-4,8,10H,1-2,5-7,14H2. The first-order valence-electron chi connectivity index (χ1n) is 6.22. The molecule has 0 saturated carbocycles. The predicted octanol–water partition coefficient (Wildman–Crippen LogP) is 3.07. The Bertz CT molecular complexity index is 535. The molecule has 1 aromatic heterocycles. The van der Waals surface area contributed by atoms with E-state index in [0.717, 1.165) is 29.9 Å². The highest BCUT2D eigenvalue weighted by molar-refractivity contribution is 7.99. The second kappa shape index (κ2) is 5.20. The number of rotatable bonds is 4. The molecular weight excluding hydrogens is 248 g/mol. The number of hydrogen-bond donors (Lipinski definition) is 1. The molecular formula is C13H16N2O2S. The van der Waals surface area contributed by atoms with Gasteiger partial charge in [0, 0.05) is 18.0 Å². The summed E-state index contributed by atoms with van der Waals surface area (Å²) in [5.74, 6) is 0.979. The lowest BCUT2D eigenvalue weighted by Crippen LogP contribution is -2.05. The van der Waals surface area contributed by atoms with Crippen molar-refractivity contribution < 1.29 is 9.15 Å². The van der Waals surface area contributed by atoms with Crippen molar-refractivity contribution in [2.75, 3.05) is 18.1 Å². The third-order valence-electron chi connectivity index (χ3n) is 3.08. The summed E-state index contributed by atoms with van der Waals surface area (Å²) in [5.41, 5.74) is 8.05. The molecule has 0 bridgehead atoms. The van der Waals surface area contributed by atoms with Crippen LogP contribution in [0.4, 0.5) is 5.69 Å². The van der Waals surface area contributed by atoms with E-state index in [9.17, 15) is 0 Å². The van der Waals surface area contributed by atoms with E-state index in [1.165, 1.54) is 12.8 Å². The Hall–Kier alpha value is -1.20. The minimum atomic E-state index is 0.428. The first-order chi connectivity index (χ1) is 8.81. The van der Waals surface area contributed by atoms with Gasteiger partial charge in [-0.15, -0.1) is 0 Å². The molecule has 18 heavy (non-hydrogen) atoms. The third-order valence-corrected chi connectivity index (χ3v) is 3.94. The van der Waals surface area contributed by atoms with Gasteiger partial charge < -0.3 is 14.9 Å². The minimum absolute atomic E-state index is 0.428. The van der Waals surface area contributed by atoms with Crippen LogP contribution in [0.5, 0.6) is 0 Å². The van der Waals surface area contributed by atoms with Crippen LogP contribution in [0.2, 0.25) is 0 Å². The van der Waals surface area contributed by atoms with Crippen LogP contribution in [-0.4, -0.2) is 23.4 Å². The van der Waals surface area contributed by atoms with Crippen LogP contribution >= 0.6 is 11.8 Å². The van der Waals surface area contributed by atoms with E-state index >= 15 is 0 Å². The van der Waals surface area contributed by atoms with Gasteiger partial charge in [0.2, 0.25) is 0 Å². The molecule has 1 aliphatic heterocycles. The van der Waals surface area contributed by atoms with Crippen LogP contribution in [0.25, 0.3) is 11.1 Å². The topological polar surface area (TPSA) is 61.3 Å². The number of hydrogen-bond acceptors (Lipinski definition) is 5. The molecule has 0 radical (unpaired) electrons. The number of oxazole rings is 1. The van der Waals surface area contributed by atoms with Crippen molar-refractivity contribution >= 4 is 28.5 Å². The zero-order valence-electron chi connectivity index (χ0n) is 10.1. The van der Waals surface area contributed by atoms with Crippen molar-refractivity contribution in [3.05, 3.63) is 18.2 Å². The van der Waals surface area contributed by atoms with Gasteiger partial charge in [0.05, 0.1) is 6.10 Å². The molecule has 1 saturated heterocycles. The molecule has 0 aliphatic carbocycles. The van der Waals surface area contributed by atoms with Crippen LogP contribution < -0.4 is 5.73 Å². The van der Waals surface area contributed by atoms with Gasteiger partial charge in [-0.25, -0.2) is 4.98 Å². The van der Waals surface area contributed by atoms with Crippen molar-refractivity contribution in [3.8, 4) is 0 Å². The first-order valence-corrected chi connectivity index (χ1v) is 7.20. The van der Waals surface area contributed by atoms with Gasteiger partial charge in [-0.3, -0.25) is 0 Å². The molecule has 1 atom stereocenters. The molecule has 1 aliphatic rings. The zero-order chi connectivity index (χ0) is 12.4. The molecule has 2 heterocycles. The van der Waals surface area contributed by atoms with Crippen molar-refractivity contribution in [1.82, 2.24) is 4.98 Å². The van der Waals surface area contributed by atoms with E-state index in [0.29, 0.717) is 17.0 Å². The molecule has 2 aromatic rings. The largest absolute Gasteiger partial charge is 0.431 e. The molecule has 1 fully saturated rings. The molecule has 4 nitrogen and oxygen atoms in total. The van der Waals surface area contributed by atoms with E-state index in [1.807, 2.05) is 18.2 Å². The number of fused-ring (bicyclic) bond motifs is 1. The second-order valence-corrected chi connectivity index (χ2v) is 5.53. The summed E-state index contributed by atoms with van der Waals surface area (Å²) in [5, 5.41) is 0.716. The molecule has 0 spiro atoms. The van der Waals surface area contributed by atoms with E-state index in [2.05, 4.69) is 4.98 Å². The Morgan fingerprint density at radius 1 is 1.44 bits per heavy atom. The normalized spacial score (nSPS) is 19.7. The molecule has 5 heteroatoms. The van der Waals surface area contributed by atoms with Crippen molar-refractivity contribution in [3.63, 3.8) is 0 Å². The van der Waals surface area contributed by atoms with Gasteiger partial charge in [0.1, 0.15) is 5.52 Å². The maximum absolute atomic E-state index is 5.71. The monoisotopic (exact) mass is 264 g/mol. The maximum atomic E-state index is 5.71. The number of nitrogens with zero attached hydrogens (tertiary/aromatic N) is 1. The second-order valence-electron chi connectivity index (χ2n) is 4.48. The van der Waals surface area contributed by atoms with Crippen LogP contribution in [0.3, 0.4) is 0 Å². The number of anilines is 1. The number of ether oxygens (including phenoxy) is 1. The van der Waals surface area contributed by atoms with Crippen LogP contribution in [0, 0.1) is 0 Å². The quantitative estimate of drug-likeness (QED) is 0.679. The fourth-order valence-electron chi connectivity index (χ4n) is 2.13. The molecule has 0 amide bonds. The Labute approximate surface area is 110 Å². The Morgan fingerprint density at radius 2 is 2.39 bits per heavy atom. The Kier molecular flexibility index (Phi) is 3.43. The fraction of sp³-hybridized carbons (Fsp3) is 0.462. The summed E-state index contributed by atoms with van der Waals surface area (Å²) in [6.07, 6.45) is 3.87. The average Bonchev–Trinajstić information content (AvgIpc) is 2.97. The van der Waals surface area contributed by atoms with Crippen LogP contribution in [-0.2, 0) is 4.74 Å². The lowest BCUT2D eigenvalue weighted by atomic mass is 10.2. The highest BCUT2D eigenvalue weighted by Gasteiger charge is 2.15. The molecule has 96 valence electrons. The van der Waals surface area contributed by atoms with Crippen molar-refractivity contribution in [2.24, 2.45) is 0 Å². The van der Waals surface area contributed by atoms with E-state index in [-0.39, 0.29) is 0 Å².